The summed E-state index contributed by atoms with van der Waals surface area (Å²) in [5.41, 5.74) is 1.34. The molecule has 1 heterocycles. The van der Waals surface area contributed by atoms with Crippen molar-refractivity contribution in [3.63, 3.8) is 0 Å². The number of nitrogens with zero attached hydrogens (tertiary/aromatic N) is 2. The summed E-state index contributed by atoms with van der Waals surface area (Å²) in [5, 5.41) is 3.93. The van der Waals surface area contributed by atoms with E-state index in [1.54, 1.807) is 38.2 Å². The summed E-state index contributed by atoms with van der Waals surface area (Å²) in [6.45, 7) is 4.68. The molecule has 162 valence electrons. The number of carbonyl (C=O) groups is 1. The fourth-order valence-corrected chi connectivity index (χ4v) is 4.77. The molecule has 0 radical (unpaired) electrons. The highest BCUT2D eigenvalue weighted by molar-refractivity contribution is 8.07. The Morgan fingerprint density at radius 2 is 1.93 bits per heavy atom. The van der Waals surface area contributed by atoms with Crippen molar-refractivity contribution in [1.82, 2.24) is 4.90 Å². The van der Waals surface area contributed by atoms with Crippen LogP contribution in [-0.2, 0) is 30.4 Å². The Kier molecular flexibility index (Phi) is 9.52. The van der Waals surface area contributed by atoms with Gasteiger partial charge < -0.3 is 14.2 Å². The van der Waals surface area contributed by atoms with Crippen molar-refractivity contribution in [3.05, 3.63) is 29.8 Å². The zero-order valence-electron chi connectivity index (χ0n) is 17.3. The second-order valence-electron chi connectivity index (χ2n) is 6.45. The van der Waals surface area contributed by atoms with E-state index in [4.69, 9.17) is 35.0 Å². The molecule has 1 unspecified atom stereocenters. The molecule has 1 amide bonds. The molecule has 0 spiro atoms. The van der Waals surface area contributed by atoms with Gasteiger partial charge in [-0.3, -0.25) is 13.9 Å². The van der Waals surface area contributed by atoms with E-state index in [1.165, 1.54) is 4.90 Å². The number of benzene rings is 1. The monoisotopic (exact) mass is 444 g/mol. The fraction of sp³-hybridized carbons (Fsp3) is 0.579. The van der Waals surface area contributed by atoms with Gasteiger partial charge in [0.2, 0.25) is 0 Å². The molecule has 1 aliphatic heterocycles. The van der Waals surface area contributed by atoms with E-state index < -0.39 is 12.8 Å². The van der Waals surface area contributed by atoms with Gasteiger partial charge in [-0.05, 0) is 63.4 Å². The number of amides is 1. The minimum atomic E-state index is -2.81. The van der Waals surface area contributed by atoms with Crippen LogP contribution in [0.3, 0.4) is 0 Å². The molecule has 1 aromatic carbocycles. The van der Waals surface area contributed by atoms with Crippen LogP contribution in [0.4, 0.5) is 4.79 Å². The van der Waals surface area contributed by atoms with E-state index in [0.717, 1.165) is 25.0 Å². The lowest BCUT2D eigenvalue weighted by Crippen LogP contribution is -2.33. The zero-order valence-corrected chi connectivity index (χ0v) is 19.0. The lowest BCUT2D eigenvalue weighted by molar-refractivity contribution is 0.0654. The van der Waals surface area contributed by atoms with Crippen molar-refractivity contribution in [2.24, 2.45) is 5.16 Å². The predicted molar refractivity (Wildman–Crippen MR) is 115 cm³/mol. The highest BCUT2D eigenvalue weighted by Crippen LogP contribution is 2.49. The number of hydrogen-bond donors (Lipinski definition) is 0. The molecule has 0 N–H and O–H groups in total. The van der Waals surface area contributed by atoms with Gasteiger partial charge in [-0.25, -0.2) is 4.79 Å². The zero-order chi connectivity index (χ0) is 21.3. The van der Waals surface area contributed by atoms with Crippen molar-refractivity contribution in [1.29, 1.82) is 0 Å². The first-order valence-electron chi connectivity index (χ1n) is 9.64. The van der Waals surface area contributed by atoms with E-state index in [0.29, 0.717) is 31.2 Å². The average molecular weight is 444 g/mol. The standard InChI is InChI=1S/C19H29N2O6PS/c1-5-24-28(29,25-6-2)27-17-11-9-16(10-12-17)15(3)20-26-19(22)21(4)14-18-8-7-13-23-18/h9-12,18H,5-8,13-14H2,1-4H3/b20-15-. The average Bonchev–Trinajstić information content (AvgIpc) is 3.19. The van der Waals surface area contributed by atoms with Gasteiger partial charge in [0.05, 0.1) is 25.0 Å². The molecule has 1 fully saturated rings. The summed E-state index contributed by atoms with van der Waals surface area (Å²) in [6, 6.07) is 7.10. The van der Waals surface area contributed by atoms with Crippen LogP contribution in [0.5, 0.6) is 5.75 Å². The van der Waals surface area contributed by atoms with E-state index in [2.05, 4.69) is 5.16 Å². The third-order valence-corrected chi connectivity index (χ3v) is 6.58. The first-order chi connectivity index (χ1) is 13.9. The summed E-state index contributed by atoms with van der Waals surface area (Å²) >= 11 is 5.36. The van der Waals surface area contributed by atoms with Crippen molar-refractivity contribution in [2.75, 3.05) is 33.4 Å². The normalized spacial score (nSPS) is 17.2. The lowest BCUT2D eigenvalue weighted by Gasteiger charge is -2.21. The highest BCUT2D eigenvalue weighted by Gasteiger charge is 2.22. The van der Waals surface area contributed by atoms with Crippen molar-refractivity contribution >= 4 is 30.3 Å². The molecule has 1 saturated heterocycles. The van der Waals surface area contributed by atoms with Crippen molar-refractivity contribution < 1.29 is 27.9 Å². The van der Waals surface area contributed by atoms with Crippen LogP contribution >= 0.6 is 6.72 Å². The molecule has 2 rings (SSSR count). The summed E-state index contributed by atoms with van der Waals surface area (Å²) in [4.78, 5) is 18.6. The Labute approximate surface area is 177 Å². The molecule has 1 atom stereocenters. The van der Waals surface area contributed by atoms with Crippen LogP contribution in [0.1, 0.15) is 39.2 Å². The van der Waals surface area contributed by atoms with Gasteiger partial charge in [-0.1, -0.05) is 5.16 Å². The predicted octanol–water partition coefficient (Wildman–Crippen LogP) is 4.33. The lowest BCUT2D eigenvalue weighted by atomic mass is 10.1. The molecule has 0 aliphatic carbocycles. The van der Waals surface area contributed by atoms with Crippen LogP contribution < -0.4 is 4.52 Å². The first-order valence-corrected chi connectivity index (χ1v) is 12.2. The molecular weight excluding hydrogens is 415 g/mol. The van der Waals surface area contributed by atoms with Crippen LogP contribution in [0.2, 0.25) is 0 Å². The molecule has 1 aliphatic rings. The third kappa shape index (κ3) is 7.68. The van der Waals surface area contributed by atoms with E-state index in [1.807, 2.05) is 13.8 Å². The summed E-state index contributed by atoms with van der Waals surface area (Å²) in [7, 11) is 1.67. The molecule has 1 aromatic rings. The van der Waals surface area contributed by atoms with E-state index in [9.17, 15) is 4.79 Å². The van der Waals surface area contributed by atoms with Crippen molar-refractivity contribution in [2.45, 2.75) is 39.7 Å². The summed E-state index contributed by atoms with van der Waals surface area (Å²) in [5.74, 6) is 0.542. The minimum absolute atomic E-state index is 0.0675. The number of hydrogen-bond acceptors (Lipinski definition) is 8. The molecule has 29 heavy (non-hydrogen) atoms. The number of likely N-dealkylation sites (N-methyl/N-ethyl adjacent to an activating group) is 1. The second-order valence-corrected chi connectivity index (χ2v) is 9.38. The topological polar surface area (TPSA) is 78.8 Å². The number of rotatable bonds is 10. The summed E-state index contributed by atoms with van der Waals surface area (Å²) in [6.07, 6.45) is 1.52. The SMILES string of the molecule is CCOP(=S)(OCC)Oc1ccc(/C(C)=N\OC(=O)N(C)CC2CCCO2)cc1. The molecule has 10 heteroatoms. The van der Waals surface area contributed by atoms with Gasteiger partial charge in [-0.15, -0.1) is 0 Å². The van der Waals surface area contributed by atoms with Crippen LogP contribution in [0.15, 0.2) is 29.4 Å². The Morgan fingerprint density at radius 1 is 1.28 bits per heavy atom. The minimum Gasteiger partial charge on any atom is -0.424 e. The van der Waals surface area contributed by atoms with Gasteiger partial charge in [-0.2, -0.15) is 0 Å². The largest absolute Gasteiger partial charge is 0.435 e. The third-order valence-electron chi connectivity index (χ3n) is 4.14. The van der Waals surface area contributed by atoms with Gasteiger partial charge >= 0.3 is 12.8 Å². The summed E-state index contributed by atoms with van der Waals surface area (Å²) < 4.78 is 22.2. The first kappa shape index (κ1) is 23.8. The van der Waals surface area contributed by atoms with Gasteiger partial charge in [0, 0.05) is 32.0 Å². The van der Waals surface area contributed by atoms with Crippen LogP contribution in [0.25, 0.3) is 0 Å². The second kappa shape index (κ2) is 11.6. The molecule has 0 bridgehead atoms. The number of ether oxygens (including phenoxy) is 1. The van der Waals surface area contributed by atoms with E-state index in [-0.39, 0.29) is 6.10 Å². The van der Waals surface area contributed by atoms with Crippen LogP contribution in [0, 0.1) is 0 Å². The molecule has 8 nitrogen and oxygen atoms in total. The van der Waals surface area contributed by atoms with Gasteiger partial charge in [0.25, 0.3) is 0 Å². The van der Waals surface area contributed by atoms with Gasteiger partial charge in [0.1, 0.15) is 5.75 Å². The van der Waals surface area contributed by atoms with Crippen molar-refractivity contribution in [3.8, 4) is 5.75 Å². The molecule has 0 aromatic heterocycles. The Hall–Kier alpha value is -1.51. The Bertz CT molecular complexity index is 727. The highest BCUT2D eigenvalue weighted by atomic mass is 32.5. The fourth-order valence-electron chi connectivity index (χ4n) is 2.69. The smallest absolute Gasteiger partial charge is 0.424 e. The quantitative estimate of drug-likeness (QED) is 0.230. The maximum atomic E-state index is 12.1. The van der Waals surface area contributed by atoms with Crippen LogP contribution in [-0.4, -0.2) is 56.2 Å². The van der Waals surface area contributed by atoms with Gasteiger partial charge in [0.15, 0.2) is 0 Å². The maximum Gasteiger partial charge on any atom is 0.435 e. The van der Waals surface area contributed by atoms with E-state index >= 15 is 0 Å². The number of carbonyl (C=O) groups excluding carboxylic acids is 1. The molecular formula is C19H29N2O6PS. The number of oxime groups is 1. The molecule has 0 saturated carbocycles. The maximum absolute atomic E-state index is 12.1. The Morgan fingerprint density at radius 3 is 2.48 bits per heavy atom. The Balaban J connectivity index is 1.92.